The topological polar surface area (TPSA) is 81.6 Å². The molecule has 1 amide bonds. The summed E-state index contributed by atoms with van der Waals surface area (Å²) in [6.45, 7) is 5.49. The van der Waals surface area contributed by atoms with Crippen LogP contribution in [0.15, 0.2) is 60.7 Å². The van der Waals surface area contributed by atoms with Gasteiger partial charge in [0, 0.05) is 24.3 Å². The Balaban J connectivity index is 0.000000530. The van der Waals surface area contributed by atoms with Crippen LogP contribution in [0.1, 0.15) is 206 Å². The first-order chi connectivity index (χ1) is 26.0. The molecule has 53 heavy (non-hydrogen) atoms. The molecule has 0 bridgehead atoms. The summed E-state index contributed by atoms with van der Waals surface area (Å²) in [7, 11) is 0. The molecule has 0 fully saturated rings. The lowest BCUT2D eigenvalue weighted by Gasteiger charge is -2.11. The number of hydrogen-bond donors (Lipinski definition) is 4. The van der Waals surface area contributed by atoms with Gasteiger partial charge in [-0.2, -0.15) is 0 Å². The van der Waals surface area contributed by atoms with Crippen molar-refractivity contribution in [1.82, 2.24) is 0 Å². The third-order valence-corrected chi connectivity index (χ3v) is 10.4. The lowest BCUT2D eigenvalue weighted by atomic mass is 10.0. The zero-order chi connectivity index (χ0) is 38.3. The van der Waals surface area contributed by atoms with Gasteiger partial charge in [-0.25, -0.2) is 0 Å². The van der Waals surface area contributed by atoms with Gasteiger partial charge in [0.25, 0.3) is 0 Å². The highest BCUT2D eigenvalue weighted by atomic mass is 16.3. The van der Waals surface area contributed by atoms with Crippen molar-refractivity contribution in [1.29, 1.82) is 0 Å². The quantitative estimate of drug-likeness (QED) is 0.0531. The van der Waals surface area contributed by atoms with Gasteiger partial charge in [-0.15, -0.1) is 0 Å². The van der Waals surface area contributed by atoms with Crippen molar-refractivity contribution in [2.45, 2.75) is 219 Å². The van der Waals surface area contributed by atoms with Gasteiger partial charge in [-0.1, -0.05) is 204 Å². The standard InChI is InChI=1S/C24H41NO2.C24H43NO/c1-2-3-4-5-6-7-8-9-10-11-12-16-19-23(26)20-21-24(27)25-22-17-14-13-15-18-22;1-2-3-4-5-6-7-8-9-10-11-12-16-20-24(26)21-17-22-25-23-18-14-13-15-19-23/h13-15,17-18,23,26H,2-12,16,19-21H2,1H3,(H,25,27);13-15,18-19,24-26H,2-12,16-17,20-22H2,1H3. The van der Waals surface area contributed by atoms with Crippen molar-refractivity contribution < 1.29 is 15.0 Å². The van der Waals surface area contributed by atoms with E-state index in [1.165, 1.54) is 153 Å². The van der Waals surface area contributed by atoms with E-state index in [2.05, 4.69) is 36.6 Å². The Bertz CT molecular complexity index is 1020. The summed E-state index contributed by atoms with van der Waals surface area (Å²) in [5, 5.41) is 26.4. The van der Waals surface area contributed by atoms with E-state index in [0.29, 0.717) is 12.8 Å². The summed E-state index contributed by atoms with van der Waals surface area (Å²) in [5.41, 5.74) is 1.99. The normalized spacial score (nSPS) is 12.2. The molecule has 0 aromatic heterocycles. The molecule has 0 aliphatic rings. The van der Waals surface area contributed by atoms with Crippen LogP contribution in [0.5, 0.6) is 0 Å². The molecular weight excluding hydrogens is 653 g/mol. The molecule has 4 N–H and O–H groups in total. The number of amides is 1. The maximum absolute atomic E-state index is 11.9. The first-order valence-corrected chi connectivity index (χ1v) is 22.5. The van der Waals surface area contributed by atoms with E-state index in [4.69, 9.17) is 0 Å². The van der Waals surface area contributed by atoms with Crippen LogP contribution < -0.4 is 10.6 Å². The predicted molar refractivity (Wildman–Crippen MR) is 232 cm³/mol. The molecule has 2 aromatic rings. The number of hydrogen-bond acceptors (Lipinski definition) is 4. The number of benzene rings is 2. The SMILES string of the molecule is CCCCCCCCCCCCCCC(O)CCC(=O)Nc1ccccc1.CCCCCCCCCCCCCCC(O)CCCNc1ccccc1. The van der Waals surface area contributed by atoms with Gasteiger partial charge in [-0.3, -0.25) is 4.79 Å². The van der Waals surface area contributed by atoms with Gasteiger partial charge in [-0.05, 0) is 56.4 Å². The highest BCUT2D eigenvalue weighted by Crippen LogP contribution is 2.16. The first kappa shape index (κ1) is 48.6. The summed E-state index contributed by atoms with van der Waals surface area (Å²) in [4.78, 5) is 11.9. The Kier molecular flexibility index (Phi) is 34.8. The van der Waals surface area contributed by atoms with Gasteiger partial charge >= 0.3 is 0 Å². The fourth-order valence-electron chi connectivity index (χ4n) is 6.90. The van der Waals surface area contributed by atoms with E-state index >= 15 is 0 Å². The molecule has 0 spiro atoms. The van der Waals surface area contributed by atoms with Crippen LogP contribution in [0.4, 0.5) is 11.4 Å². The Labute approximate surface area is 327 Å². The molecule has 5 nitrogen and oxygen atoms in total. The van der Waals surface area contributed by atoms with E-state index < -0.39 is 0 Å². The van der Waals surface area contributed by atoms with E-state index in [0.717, 1.165) is 44.3 Å². The van der Waals surface area contributed by atoms with Crippen molar-refractivity contribution in [2.24, 2.45) is 0 Å². The third-order valence-electron chi connectivity index (χ3n) is 10.4. The lowest BCUT2D eigenvalue weighted by Crippen LogP contribution is -2.15. The summed E-state index contributed by atoms with van der Waals surface area (Å²) in [5.74, 6) is -0.0186. The van der Waals surface area contributed by atoms with Crippen molar-refractivity contribution in [3.8, 4) is 0 Å². The Morgan fingerprint density at radius 2 is 0.792 bits per heavy atom. The minimum Gasteiger partial charge on any atom is -0.393 e. The number of rotatable bonds is 35. The Morgan fingerprint density at radius 1 is 0.453 bits per heavy atom. The highest BCUT2D eigenvalue weighted by Gasteiger charge is 2.09. The zero-order valence-electron chi connectivity index (χ0n) is 34.7. The largest absolute Gasteiger partial charge is 0.393 e. The molecule has 0 radical (unpaired) electrons. The third kappa shape index (κ3) is 33.9. The smallest absolute Gasteiger partial charge is 0.224 e. The molecule has 2 unspecified atom stereocenters. The number of para-hydroxylation sites is 2. The summed E-state index contributed by atoms with van der Waals surface area (Å²) < 4.78 is 0. The maximum atomic E-state index is 11.9. The number of carbonyl (C=O) groups is 1. The summed E-state index contributed by atoms with van der Waals surface area (Å²) in [6, 6.07) is 19.8. The molecule has 0 saturated heterocycles. The lowest BCUT2D eigenvalue weighted by molar-refractivity contribution is -0.116. The summed E-state index contributed by atoms with van der Waals surface area (Å²) >= 11 is 0. The number of unbranched alkanes of at least 4 members (excludes halogenated alkanes) is 22. The van der Waals surface area contributed by atoms with Crippen LogP contribution in [0.2, 0.25) is 0 Å². The number of aliphatic hydroxyl groups excluding tert-OH is 2. The average Bonchev–Trinajstić information content (AvgIpc) is 3.17. The molecule has 0 saturated carbocycles. The molecule has 2 aromatic carbocycles. The fraction of sp³-hybridized carbons (Fsp3) is 0.729. The van der Waals surface area contributed by atoms with Gasteiger partial charge in [0.15, 0.2) is 0 Å². The van der Waals surface area contributed by atoms with Crippen molar-refractivity contribution in [3.05, 3.63) is 60.7 Å². The van der Waals surface area contributed by atoms with E-state index in [-0.39, 0.29) is 18.1 Å². The van der Waals surface area contributed by atoms with Crippen molar-refractivity contribution in [3.63, 3.8) is 0 Å². The Morgan fingerprint density at radius 3 is 1.21 bits per heavy atom. The van der Waals surface area contributed by atoms with Crippen molar-refractivity contribution >= 4 is 17.3 Å². The van der Waals surface area contributed by atoms with Crippen LogP contribution in [0, 0.1) is 0 Å². The molecule has 2 atom stereocenters. The number of carbonyl (C=O) groups excluding carboxylic acids is 1. The van der Waals surface area contributed by atoms with Crippen molar-refractivity contribution in [2.75, 3.05) is 17.2 Å². The van der Waals surface area contributed by atoms with E-state index in [9.17, 15) is 15.0 Å². The second-order valence-corrected chi connectivity index (χ2v) is 15.6. The van der Waals surface area contributed by atoms with Gasteiger partial charge in [0.1, 0.15) is 0 Å². The Hall–Kier alpha value is -2.37. The monoisotopic (exact) mass is 737 g/mol. The minimum atomic E-state index is -0.352. The zero-order valence-corrected chi connectivity index (χ0v) is 34.7. The van der Waals surface area contributed by atoms with Gasteiger partial charge in [0.05, 0.1) is 12.2 Å². The second-order valence-electron chi connectivity index (χ2n) is 15.6. The molecule has 2 rings (SSSR count). The van der Waals surface area contributed by atoms with Crippen LogP contribution >= 0.6 is 0 Å². The van der Waals surface area contributed by atoms with E-state index in [1.807, 2.05) is 48.5 Å². The van der Waals surface area contributed by atoms with Crippen LogP contribution in [0.3, 0.4) is 0 Å². The average molecular weight is 737 g/mol. The van der Waals surface area contributed by atoms with Crippen LogP contribution in [0.25, 0.3) is 0 Å². The molecule has 0 heterocycles. The van der Waals surface area contributed by atoms with Crippen LogP contribution in [-0.2, 0) is 4.79 Å². The molecule has 304 valence electrons. The number of aliphatic hydroxyl groups is 2. The first-order valence-electron chi connectivity index (χ1n) is 22.5. The highest BCUT2D eigenvalue weighted by molar-refractivity contribution is 5.90. The second kappa shape index (κ2) is 37.9. The maximum Gasteiger partial charge on any atom is 0.224 e. The van der Waals surface area contributed by atoms with E-state index in [1.54, 1.807) is 0 Å². The molecular formula is C48H84N2O3. The summed E-state index contributed by atoms with van der Waals surface area (Å²) in [6.07, 6.45) is 36.7. The minimum absolute atomic E-state index is 0.0186. The molecule has 0 aliphatic heterocycles. The number of nitrogens with one attached hydrogen (secondary N) is 2. The number of anilines is 2. The predicted octanol–water partition coefficient (Wildman–Crippen LogP) is 14.2. The molecule has 5 heteroatoms. The molecule has 0 aliphatic carbocycles. The van der Waals surface area contributed by atoms with Crippen LogP contribution in [-0.4, -0.2) is 34.9 Å². The van der Waals surface area contributed by atoms with Gasteiger partial charge in [0.2, 0.25) is 5.91 Å². The van der Waals surface area contributed by atoms with Gasteiger partial charge < -0.3 is 20.8 Å². The fourth-order valence-corrected chi connectivity index (χ4v) is 6.90.